The van der Waals surface area contributed by atoms with E-state index >= 15 is 0 Å². The third-order valence-corrected chi connectivity index (χ3v) is 4.81. The number of nitrogens with zero attached hydrogens (tertiary/aromatic N) is 1. The zero-order valence-electron chi connectivity index (χ0n) is 14.9. The summed E-state index contributed by atoms with van der Waals surface area (Å²) in [5, 5.41) is 0. The molecule has 0 spiro atoms. The highest BCUT2D eigenvalue weighted by Gasteiger charge is 2.27. The van der Waals surface area contributed by atoms with Crippen LogP contribution >= 0.6 is 0 Å². The Balaban J connectivity index is 2.20. The summed E-state index contributed by atoms with van der Waals surface area (Å²) in [7, 11) is 1.69. The number of rotatable bonds is 8. The van der Waals surface area contributed by atoms with E-state index in [1.54, 1.807) is 7.11 Å². The summed E-state index contributed by atoms with van der Waals surface area (Å²) in [6.07, 6.45) is 6.02. The highest BCUT2D eigenvalue weighted by Crippen LogP contribution is 2.34. The van der Waals surface area contributed by atoms with E-state index in [9.17, 15) is 0 Å². The first-order valence-corrected chi connectivity index (χ1v) is 8.97. The minimum Gasteiger partial charge on any atom is -0.493 e. The fourth-order valence-electron chi connectivity index (χ4n) is 3.39. The summed E-state index contributed by atoms with van der Waals surface area (Å²) in [5.41, 5.74) is 7.36. The Labute approximate surface area is 140 Å². The first kappa shape index (κ1) is 18.1. The van der Waals surface area contributed by atoms with Crippen molar-refractivity contribution in [3.63, 3.8) is 0 Å². The number of nitrogens with two attached hydrogens (primary N) is 1. The standard InChI is InChI=1S/C19H32N2O2/c1-4-5-12-23-19-13-16(9-10-18(19)22-3)17(14-20)21-11-7-6-8-15(21)2/h9-10,13,15,17H,4-8,11-12,14,20H2,1-3H3. The van der Waals surface area contributed by atoms with E-state index in [-0.39, 0.29) is 6.04 Å². The number of ether oxygens (including phenoxy) is 2. The van der Waals surface area contributed by atoms with Crippen LogP contribution in [0.2, 0.25) is 0 Å². The molecule has 0 aliphatic carbocycles. The SMILES string of the molecule is CCCCOc1cc(C(CN)N2CCCCC2C)ccc1OC. The molecule has 0 radical (unpaired) electrons. The Bertz CT molecular complexity index is 478. The van der Waals surface area contributed by atoms with E-state index in [1.165, 1.54) is 24.8 Å². The molecule has 23 heavy (non-hydrogen) atoms. The fraction of sp³-hybridized carbons (Fsp3) is 0.684. The smallest absolute Gasteiger partial charge is 0.161 e. The van der Waals surface area contributed by atoms with Crippen LogP contribution in [0.15, 0.2) is 18.2 Å². The Hall–Kier alpha value is -1.26. The van der Waals surface area contributed by atoms with E-state index in [2.05, 4.69) is 30.9 Å². The van der Waals surface area contributed by atoms with Crippen molar-refractivity contribution < 1.29 is 9.47 Å². The molecule has 2 N–H and O–H groups in total. The van der Waals surface area contributed by atoms with Gasteiger partial charge < -0.3 is 15.2 Å². The Morgan fingerprint density at radius 2 is 2.13 bits per heavy atom. The van der Waals surface area contributed by atoms with E-state index in [1.807, 2.05) is 6.07 Å². The molecule has 2 unspecified atom stereocenters. The molecule has 1 aliphatic rings. The Morgan fingerprint density at radius 3 is 2.78 bits per heavy atom. The number of hydrogen-bond donors (Lipinski definition) is 1. The average molecular weight is 320 g/mol. The summed E-state index contributed by atoms with van der Waals surface area (Å²) in [5.74, 6) is 1.63. The van der Waals surface area contributed by atoms with E-state index in [0.29, 0.717) is 12.6 Å². The maximum absolute atomic E-state index is 6.13. The van der Waals surface area contributed by atoms with Gasteiger partial charge in [0.1, 0.15) is 0 Å². The number of piperidine rings is 1. The molecule has 0 bridgehead atoms. The van der Waals surface area contributed by atoms with Crippen molar-refractivity contribution in [2.45, 2.75) is 58.0 Å². The third kappa shape index (κ3) is 4.61. The second kappa shape index (κ2) is 9.14. The molecular weight excluding hydrogens is 288 g/mol. The summed E-state index contributed by atoms with van der Waals surface area (Å²) in [6.45, 7) is 6.96. The van der Waals surface area contributed by atoms with Gasteiger partial charge in [0.25, 0.3) is 0 Å². The van der Waals surface area contributed by atoms with Gasteiger partial charge in [0, 0.05) is 18.6 Å². The van der Waals surface area contributed by atoms with Gasteiger partial charge in [0.2, 0.25) is 0 Å². The van der Waals surface area contributed by atoms with E-state index in [0.717, 1.165) is 37.5 Å². The van der Waals surface area contributed by atoms with Crippen LogP contribution < -0.4 is 15.2 Å². The van der Waals surface area contributed by atoms with Crippen LogP contribution in [-0.4, -0.2) is 37.7 Å². The van der Waals surface area contributed by atoms with Crippen LogP contribution in [0.4, 0.5) is 0 Å². The quantitative estimate of drug-likeness (QED) is 0.741. The van der Waals surface area contributed by atoms with E-state index < -0.39 is 0 Å². The third-order valence-electron chi connectivity index (χ3n) is 4.81. The summed E-state index contributed by atoms with van der Waals surface area (Å²) < 4.78 is 11.4. The molecular formula is C19H32N2O2. The number of unbranched alkanes of at least 4 members (excludes halogenated alkanes) is 1. The molecule has 2 atom stereocenters. The fourth-order valence-corrected chi connectivity index (χ4v) is 3.39. The second-order valence-corrected chi connectivity index (χ2v) is 6.45. The predicted molar refractivity (Wildman–Crippen MR) is 95.2 cm³/mol. The molecule has 1 saturated heterocycles. The highest BCUT2D eigenvalue weighted by molar-refractivity contribution is 5.44. The van der Waals surface area contributed by atoms with Crippen molar-refractivity contribution in [2.75, 3.05) is 26.8 Å². The molecule has 4 nitrogen and oxygen atoms in total. The normalized spacial score (nSPS) is 20.3. The van der Waals surface area contributed by atoms with Crippen LogP contribution in [0, 0.1) is 0 Å². The van der Waals surface area contributed by atoms with Gasteiger partial charge in [0.15, 0.2) is 11.5 Å². The molecule has 1 aromatic carbocycles. The number of likely N-dealkylation sites (tertiary alicyclic amines) is 1. The zero-order chi connectivity index (χ0) is 16.7. The maximum atomic E-state index is 6.13. The monoisotopic (exact) mass is 320 g/mol. The lowest BCUT2D eigenvalue weighted by molar-refractivity contribution is 0.108. The van der Waals surface area contributed by atoms with Crippen molar-refractivity contribution in [3.05, 3.63) is 23.8 Å². The van der Waals surface area contributed by atoms with Gasteiger partial charge in [-0.25, -0.2) is 0 Å². The minimum atomic E-state index is 0.254. The molecule has 0 saturated carbocycles. The Morgan fingerprint density at radius 1 is 1.30 bits per heavy atom. The zero-order valence-corrected chi connectivity index (χ0v) is 14.9. The second-order valence-electron chi connectivity index (χ2n) is 6.45. The first-order valence-electron chi connectivity index (χ1n) is 8.97. The molecule has 1 aliphatic heterocycles. The topological polar surface area (TPSA) is 47.7 Å². The van der Waals surface area contributed by atoms with Crippen LogP contribution in [-0.2, 0) is 0 Å². The number of hydrogen-bond acceptors (Lipinski definition) is 4. The van der Waals surface area contributed by atoms with Gasteiger partial charge in [-0.15, -0.1) is 0 Å². The van der Waals surface area contributed by atoms with Gasteiger partial charge in [-0.1, -0.05) is 25.8 Å². The Kier molecular flexibility index (Phi) is 7.18. The lowest BCUT2D eigenvalue weighted by atomic mass is 9.97. The predicted octanol–water partition coefficient (Wildman–Crippen LogP) is 3.75. The number of methoxy groups -OCH3 is 1. The summed E-state index contributed by atoms with van der Waals surface area (Å²) in [4.78, 5) is 2.54. The van der Waals surface area contributed by atoms with Crippen molar-refractivity contribution in [1.82, 2.24) is 4.90 Å². The van der Waals surface area contributed by atoms with Gasteiger partial charge in [0.05, 0.1) is 13.7 Å². The van der Waals surface area contributed by atoms with Crippen molar-refractivity contribution >= 4 is 0 Å². The van der Waals surface area contributed by atoms with Crippen LogP contribution in [0.3, 0.4) is 0 Å². The largest absolute Gasteiger partial charge is 0.493 e. The molecule has 0 amide bonds. The van der Waals surface area contributed by atoms with Crippen molar-refractivity contribution in [1.29, 1.82) is 0 Å². The van der Waals surface area contributed by atoms with Crippen molar-refractivity contribution in [2.24, 2.45) is 5.73 Å². The van der Waals surface area contributed by atoms with Gasteiger partial charge in [-0.05, 0) is 50.4 Å². The first-order chi connectivity index (χ1) is 11.2. The average Bonchev–Trinajstić information content (AvgIpc) is 2.58. The van der Waals surface area contributed by atoms with Crippen LogP contribution in [0.25, 0.3) is 0 Å². The molecule has 1 fully saturated rings. The highest BCUT2D eigenvalue weighted by atomic mass is 16.5. The van der Waals surface area contributed by atoms with Gasteiger partial charge >= 0.3 is 0 Å². The van der Waals surface area contributed by atoms with Crippen LogP contribution in [0.5, 0.6) is 11.5 Å². The van der Waals surface area contributed by atoms with E-state index in [4.69, 9.17) is 15.2 Å². The molecule has 4 heteroatoms. The van der Waals surface area contributed by atoms with Crippen LogP contribution in [0.1, 0.15) is 57.6 Å². The molecule has 130 valence electrons. The van der Waals surface area contributed by atoms with Crippen molar-refractivity contribution in [3.8, 4) is 11.5 Å². The molecule has 1 aromatic rings. The molecule has 2 rings (SSSR count). The lowest BCUT2D eigenvalue weighted by Crippen LogP contribution is -2.43. The number of benzene rings is 1. The maximum Gasteiger partial charge on any atom is 0.161 e. The van der Waals surface area contributed by atoms with Gasteiger partial charge in [-0.3, -0.25) is 4.90 Å². The summed E-state index contributed by atoms with van der Waals surface area (Å²) >= 11 is 0. The minimum absolute atomic E-state index is 0.254. The lowest BCUT2D eigenvalue weighted by Gasteiger charge is -2.39. The van der Waals surface area contributed by atoms with Gasteiger partial charge in [-0.2, -0.15) is 0 Å². The molecule has 0 aromatic heterocycles. The summed E-state index contributed by atoms with van der Waals surface area (Å²) in [6, 6.07) is 7.10. The molecule has 1 heterocycles.